The van der Waals surface area contributed by atoms with Crippen LogP contribution in [0.4, 0.5) is 28.4 Å². The third-order valence-electron chi connectivity index (χ3n) is 9.81. The van der Waals surface area contributed by atoms with Gasteiger partial charge in [0.05, 0.1) is 0 Å². The zero-order valence-corrected chi connectivity index (χ0v) is 27.0. The van der Waals surface area contributed by atoms with Crippen LogP contribution in [0.5, 0.6) is 0 Å². The van der Waals surface area contributed by atoms with Crippen LogP contribution >= 0.6 is 0 Å². The number of aryl methyl sites for hydroxylation is 2. The first kappa shape index (κ1) is 28.1. The Balaban J connectivity index is 1.16. The van der Waals surface area contributed by atoms with Crippen LogP contribution in [0.3, 0.4) is 0 Å². The van der Waals surface area contributed by atoms with Crippen molar-refractivity contribution >= 4 is 50.0 Å². The fourth-order valence-corrected chi connectivity index (χ4v) is 7.36. The lowest BCUT2D eigenvalue weighted by Crippen LogP contribution is -2.10. The molecule has 0 bridgehead atoms. The van der Waals surface area contributed by atoms with E-state index in [1.165, 1.54) is 66.1 Å². The highest BCUT2D eigenvalue weighted by Crippen LogP contribution is 2.47. The van der Waals surface area contributed by atoms with Crippen molar-refractivity contribution in [2.24, 2.45) is 0 Å². The summed E-state index contributed by atoms with van der Waals surface area (Å²) in [7, 11) is 0. The lowest BCUT2D eigenvalue weighted by Gasteiger charge is -2.27. The zero-order chi connectivity index (χ0) is 32.2. The molecule has 2 heteroatoms. The topological polar surface area (TPSA) is 15.3 Å². The minimum absolute atomic E-state index is 1.12. The molecule has 8 aromatic carbocycles. The van der Waals surface area contributed by atoms with Gasteiger partial charge in [-0.1, -0.05) is 97.1 Å². The molecule has 0 aliphatic carbocycles. The van der Waals surface area contributed by atoms with E-state index in [1.807, 2.05) is 0 Å². The van der Waals surface area contributed by atoms with E-state index in [0.717, 1.165) is 28.4 Å². The molecule has 8 aromatic rings. The molecule has 0 aromatic heterocycles. The average Bonchev–Trinajstić information content (AvgIpc) is 3.13. The van der Waals surface area contributed by atoms with E-state index in [-0.39, 0.29) is 0 Å². The maximum Gasteiger partial charge on any atom is 0.0470 e. The number of para-hydroxylation sites is 1. The van der Waals surface area contributed by atoms with Gasteiger partial charge in [-0.05, 0) is 136 Å². The number of fused-ring (bicyclic) bond motifs is 3. The summed E-state index contributed by atoms with van der Waals surface area (Å²) in [6.45, 7) is 4.39. The Hall–Kier alpha value is -6.12. The zero-order valence-electron chi connectivity index (χ0n) is 27.0. The molecule has 1 heterocycles. The Morgan fingerprint density at radius 2 is 1.04 bits per heavy atom. The maximum atomic E-state index is 3.72. The summed E-state index contributed by atoms with van der Waals surface area (Å²) in [5.41, 5.74) is 15.7. The van der Waals surface area contributed by atoms with E-state index in [2.05, 4.69) is 188 Å². The Labute approximate surface area is 281 Å². The summed E-state index contributed by atoms with van der Waals surface area (Å²) in [5.74, 6) is 0. The summed E-state index contributed by atoms with van der Waals surface area (Å²) >= 11 is 0. The lowest BCUT2D eigenvalue weighted by molar-refractivity contribution is 1.27. The molecule has 0 fully saturated rings. The molecule has 1 aliphatic heterocycles. The van der Waals surface area contributed by atoms with Crippen LogP contribution in [0, 0.1) is 13.8 Å². The van der Waals surface area contributed by atoms with Crippen molar-refractivity contribution in [3.05, 3.63) is 175 Å². The van der Waals surface area contributed by atoms with E-state index >= 15 is 0 Å². The van der Waals surface area contributed by atoms with Crippen molar-refractivity contribution < 1.29 is 0 Å². The van der Waals surface area contributed by atoms with Crippen LogP contribution in [0.2, 0.25) is 0 Å². The van der Waals surface area contributed by atoms with E-state index < -0.39 is 0 Å². The van der Waals surface area contributed by atoms with Crippen molar-refractivity contribution in [3.63, 3.8) is 0 Å². The number of hydrogen-bond donors (Lipinski definition) is 1. The van der Waals surface area contributed by atoms with E-state index in [1.54, 1.807) is 0 Å². The van der Waals surface area contributed by atoms with Gasteiger partial charge in [0.15, 0.2) is 0 Å². The molecule has 0 unspecified atom stereocenters. The molecule has 0 radical (unpaired) electrons. The molecule has 0 atom stereocenters. The molecule has 0 spiro atoms. The molecule has 0 amide bonds. The number of nitrogens with one attached hydrogen (secondary N) is 1. The smallest absolute Gasteiger partial charge is 0.0470 e. The van der Waals surface area contributed by atoms with Gasteiger partial charge in [0.25, 0.3) is 0 Å². The first-order valence-corrected chi connectivity index (χ1v) is 16.6. The third-order valence-corrected chi connectivity index (χ3v) is 9.81. The average molecular weight is 615 g/mol. The van der Waals surface area contributed by atoms with Gasteiger partial charge in [0, 0.05) is 39.4 Å². The van der Waals surface area contributed by atoms with Crippen molar-refractivity contribution in [2.75, 3.05) is 10.2 Å². The summed E-state index contributed by atoms with van der Waals surface area (Å²) < 4.78 is 0. The van der Waals surface area contributed by atoms with Crippen LogP contribution in [-0.4, -0.2) is 0 Å². The van der Waals surface area contributed by atoms with E-state index in [9.17, 15) is 0 Å². The summed E-state index contributed by atoms with van der Waals surface area (Å²) in [5, 5.41) is 8.74. The normalized spacial score (nSPS) is 11.7. The van der Waals surface area contributed by atoms with Gasteiger partial charge in [-0.15, -0.1) is 0 Å². The second kappa shape index (κ2) is 11.3. The van der Waals surface area contributed by atoms with Gasteiger partial charge in [0.1, 0.15) is 0 Å². The fraction of sp³-hybridized carbons (Fsp3) is 0.0435. The SMILES string of the molecule is Cc1ccccc1-c1cc(N(c2ccccc2)c2ccc(-c3cc4c5c(cccc5c3)Nc3cc5ccccc5cc3-4)cc2)ccc1C. The Kier molecular flexibility index (Phi) is 6.62. The van der Waals surface area contributed by atoms with Crippen LogP contribution in [0.1, 0.15) is 11.1 Å². The Morgan fingerprint density at radius 3 is 1.85 bits per heavy atom. The Bertz CT molecular complexity index is 2490. The highest BCUT2D eigenvalue weighted by Gasteiger charge is 2.21. The van der Waals surface area contributed by atoms with Crippen molar-refractivity contribution in [3.8, 4) is 33.4 Å². The van der Waals surface area contributed by atoms with Gasteiger partial charge in [0.2, 0.25) is 0 Å². The number of rotatable bonds is 5. The van der Waals surface area contributed by atoms with Crippen molar-refractivity contribution in [1.82, 2.24) is 0 Å². The molecule has 0 saturated carbocycles. The number of hydrogen-bond acceptors (Lipinski definition) is 2. The second-order valence-electron chi connectivity index (χ2n) is 12.8. The van der Waals surface area contributed by atoms with E-state index in [4.69, 9.17) is 0 Å². The minimum Gasteiger partial charge on any atom is -0.354 e. The van der Waals surface area contributed by atoms with Crippen molar-refractivity contribution in [2.45, 2.75) is 13.8 Å². The molecule has 0 saturated heterocycles. The molecule has 228 valence electrons. The Morgan fingerprint density at radius 1 is 0.375 bits per heavy atom. The predicted octanol–water partition coefficient (Wildman–Crippen LogP) is 13.1. The van der Waals surface area contributed by atoms with Crippen molar-refractivity contribution in [1.29, 1.82) is 0 Å². The molecule has 48 heavy (non-hydrogen) atoms. The highest BCUT2D eigenvalue weighted by molar-refractivity contribution is 6.14. The molecule has 9 rings (SSSR count). The van der Waals surface area contributed by atoms with Gasteiger partial charge >= 0.3 is 0 Å². The first-order chi connectivity index (χ1) is 23.6. The molecule has 1 aliphatic rings. The molecular formula is C46H34N2. The number of nitrogens with zero attached hydrogens (tertiary/aromatic N) is 1. The second-order valence-corrected chi connectivity index (χ2v) is 12.8. The molecular weight excluding hydrogens is 581 g/mol. The summed E-state index contributed by atoms with van der Waals surface area (Å²) in [6, 6.07) is 59.6. The largest absolute Gasteiger partial charge is 0.354 e. The standard InChI is InChI=1S/C46H34N2/c1-30-11-6-9-17-40(30)41-29-39(22-19-31(41)2)48(37-15-4-3-5-16-37)38-23-20-32(21-24-38)36-25-35-14-10-18-44-46(35)43(27-36)42-26-33-12-7-8-13-34(33)28-45(42)47-44/h3-29,47H,1-2H3. The summed E-state index contributed by atoms with van der Waals surface area (Å²) in [4.78, 5) is 2.36. The van der Waals surface area contributed by atoms with Gasteiger partial charge in [-0.25, -0.2) is 0 Å². The lowest BCUT2D eigenvalue weighted by atomic mass is 9.88. The van der Waals surface area contributed by atoms with Gasteiger partial charge in [-0.2, -0.15) is 0 Å². The maximum absolute atomic E-state index is 3.72. The van der Waals surface area contributed by atoms with Crippen LogP contribution < -0.4 is 10.2 Å². The molecule has 1 N–H and O–H groups in total. The van der Waals surface area contributed by atoms with Gasteiger partial charge < -0.3 is 10.2 Å². The highest BCUT2D eigenvalue weighted by atomic mass is 15.1. The van der Waals surface area contributed by atoms with Crippen LogP contribution in [-0.2, 0) is 0 Å². The quantitative estimate of drug-likeness (QED) is 0.207. The van der Waals surface area contributed by atoms with Crippen LogP contribution in [0.25, 0.3) is 54.9 Å². The first-order valence-electron chi connectivity index (χ1n) is 16.6. The fourth-order valence-electron chi connectivity index (χ4n) is 7.36. The summed E-state index contributed by atoms with van der Waals surface area (Å²) in [6.07, 6.45) is 0. The number of anilines is 5. The molecule has 2 nitrogen and oxygen atoms in total. The minimum atomic E-state index is 1.12. The number of benzene rings is 8. The predicted molar refractivity (Wildman–Crippen MR) is 205 cm³/mol. The monoisotopic (exact) mass is 614 g/mol. The third kappa shape index (κ3) is 4.73. The van der Waals surface area contributed by atoms with Gasteiger partial charge in [-0.3, -0.25) is 0 Å². The van der Waals surface area contributed by atoms with E-state index in [0.29, 0.717) is 0 Å². The van der Waals surface area contributed by atoms with Crippen LogP contribution in [0.15, 0.2) is 164 Å².